The highest BCUT2D eigenvalue weighted by atomic mass is 19.4. The maximum atomic E-state index is 13.0. The van der Waals surface area contributed by atoms with Crippen LogP contribution in [0.15, 0.2) is 0 Å². The van der Waals surface area contributed by atoms with Crippen LogP contribution in [0.3, 0.4) is 0 Å². The van der Waals surface area contributed by atoms with Gasteiger partial charge in [-0.2, -0.15) is 13.2 Å². The van der Waals surface area contributed by atoms with Gasteiger partial charge in [0.05, 0.1) is 5.92 Å². The van der Waals surface area contributed by atoms with E-state index < -0.39 is 23.9 Å². The van der Waals surface area contributed by atoms with Crippen molar-refractivity contribution in [1.29, 1.82) is 0 Å². The number of halogens is 3. The van der Waals surface area contributed by atoms with Crippen molar-refractivity contribution < 1.29 is 23.1 Å². The summed E-state index contributed by atoms with van der Waals surface area (Å²) in [7, 11) is 0. The van der Waals surface area contributed by atoms with Crippen LogP contribution in [-0.2, 0) is 4.79 Å². The molecule has 0 radical (unpaired) electrons. The molecule has 1 aliphatic carbocycles. The minimum absolute atomic E-state index is 0.0530. The van der Waals surface area contributed by atoms with Gasteiger partial charge in [-0.1, -0.05) is 12.8 Å². The third kappa shape index (κ3) is 4.37. The lowest BCUT2D eigenvalue weighted by molar-refractivity contribution is -0.200. The first kappa shape index (κ1) is 16.3. The number of nitrogens with zero attached hydrogens (tertiary/aromatic N) is 1. The number of rotatable bonds is 5. The molecule has 19 heavy (non-hydrogen) atoms. The summed E-state index contributed by atoms with van der Waals surface area (Å²) in [6.07, 6.45) is -2.30. The smallest absolute Gasteiger partial charge is 0.392 e. The first-order valence-electron chi connectivity index (χ1n) is 6.88. The van der Waals surface area contributed by atoms with Gasteiger partial charge in [0.25, 0.3) is 0 Å². The van der Waals surface area contributed by atoms with Crippen LogP contribution in [0.2, 0.25) is 0 Å². The quantitative estimate of drug-likeness (QED) is 0.841. The number of amides is 1. The Hall–Kier alpha value is -0.780. The van der Waals surface area contributed by atoms with Crippen molar-refractivity contribution in [3.05, 3.63) is 0 Å². The van der Waals surface area contributed by atoms with E-state index in [1.165, 1.54) is 4.90 Å². The first-order chi connectivity index (χ1) is 8.91. The Morgan fingerprint density at radius 1 is 1.32 bits per heavy atom. The number of aliphatic hydroxyl groups excluding tert-OH is 1. The van der Waals surface area contributed by atoms with E-state index in [0.717, 1.165) is 0 Å². The molecule has 112 valence electrons. The molecule has 1 rings (SSSR count). The molecule has 1 amide bonds. The molecule has 2 unspecified atom stereocenters. The van der Waals surface area contributed by atoms with Gasteiger partial charge in [-0.05, 0) is 26.2 Å². The average Bonchev–Trinajstić information content (AvgIpc) is 2.38. The molecule has 0 heterocycles. The van der Waals surface area contributed by atoms with Gasteiger partial charge >= 0.3 is 6.18 Å². The van der Waals surface area contributed by atoms with Gasteiger partial charge in [0.2, 0.25) is 5.91 Å². The second-order valence-corrected chi connectivity index (χ2v) is 5.03. The number of carbonyl (C=O) groups excluding carboxylic acids is 1. The molecule has 1 fully saturated rings. The molecular weight excluding hydrogens is 259 g/mol. The molecule has 0 aromatic rings. The van der Waals surface area contributed by atoms with Crippen molar-refractivity contribution in [2.24, 2.45) is 11.8 Å². The molecule has 0 aliphatic heterocycles. The fourth-order valence-corrected chi connectivity index (χ4v) is 2.74. The zero-order chi connectivity index (χ0) is 14.5. The molecule has 0 saturated heterocycles. The van der Waals surface area contributed by atoms with Gasteiger partial charge in [-0.3, -0.25) is 4.79 Å². The van der Waals surface area contributed by atoms with Crippen LogP contribution in [0.1, 0.15) is 39.0 Å². The second-order valence-electron chi connectivity index (χ2n) is 5.03. The molecule has 0 aromatic heterocycles. The van der Waals surface area contributed by atoms with Crippen LogP contribution in [0.25, 0.3) is 0 Å². The molecule has 0 aromatic carbocycles. The Balaban J connectivity index is 2.75. The van der Waals surface area contributed by atoms with Crippen LogP contribution in [0, 0.1) is 11.8 Å². The number of aliphatic hydroxyl groups is 1. The summed E-state index contributed by atoms with van der Waals surface area (Å²) in [6.45, 7) is 2.41. The number of hydrogen-bond donors (Lipinski definition) is 1. The summed E-state index contributed by atoms with van der Waals surface area (Å²) in [6, 6.07) is 0. The SMILES string of the molecule is CCN(CCCO)C(=O)C1CCCCC1C(F)(F)F. The Labute approximate surface area is 111 Å². The molecule has 1 saturated carbocycles. The molecule has 3 nitrogen and oxygen atoms in total. The molecule has 1 aliphatic rings. The van der Waals surface area contributed by atoms with Crippen molar-refractivity contribution in [2.75, 3.05) is 19.7 Å². The zero-order valence-corrected chi connectivity index (χ0v) is 11.2. The maximum Gasteiger partial charge on any atom is 0.392 e. The van der Waals surface area contributed by atoms with Crippen molar-refractivity contribution >= 4 is 5.91 Å². The molecule has 2 atom stereocenters. The van der Waals surface area contributed by atoms with Gasteiger partial charge in [-0.25, -0.2) is 0 Å². The largest absolute Gasteiger partial charge is 0.396 e. The van der Waals surface area contributed by atoms with Gasteiger partial charge in [-0.15, -0.1) is 0 Å². The van der Waals surface area contributed by atoms with Gasteiger partial charge in [0, 0.05) is 25.6 Å². The van der Waals surface area contributed by atoms with E-state index in [9.17, 15) is 18.0 Å². The Bertz CT molecular complexity index is 294. The topological polar surface area (TPSA) is 40.5 Å². The predicted octanol–water partition coefficient (Wildman–Crippen LogP) is 2.59. The van der Waals surface area contributed by atoms with Gasteiger partial charge < -0.3 is 10.0 Å². The van der Waals surface area contributed by atoms with E-state index in [4.69, 9.17) is 5.11 Å². The molecule has 1 N–H and O–H groups in total. The van der Waals surface area contributed by atoms with E-state index >= 15 is 0 Å². The fraction of sp³-hybridized carbons (Fsp3) is 0.923. The van der Waals surface area contributed by atoms with Crippen molar-refractivity contribution in [3.63, 3.8) is 0 Å². The lowest BCUT2D eigenvalue weighted by atomic mass is 9.78. The van der Waals surface area contributed by atoms with E-state index in [1.807, 2.05) is 0 Å². The number of alkyl halides is 3. The zero-order valence-electron chi connectivity index (χ0n) is 11.2. The van der Waals surface area contributed by atoms with Crippen LogP contribution >= 0.6 is 0 Å². The summed E-state index contributed by atoms with van der Waals surface area (Å²) in [5.74, 6) is -2.85. The highest BCUT2D eigenvalue weighted by molar-refractivity contribution is 5.79. The van der Waals surface area contributed by atoms with Crippen LogP contribution in [0.5, 0.6) is 0 Å². The Morgan fingerprint density at radius 2 is 1.95 bits per heavy atom. The minimum Gasteiger partial charge on any atom is -0.396 e. The number of carbonyl (C=O) groups is 1. The summed E-state index contributed by atoms with van der Waals surface area (Å²) < 4.78 is 38.9. The lowest BCUT2D eigenvalue weighted by Gasteiger charge is -2.35. The van der Waals surface area contributed by atoms with Crippen molar-refractivity contribution in [1.82, 2.24) is 4.90 Å². The summed E-state index contributed by atoms with van der Waals surface area (Å²) in [5, 5.41) is 8.77. The van der Waals surface area contributed by atoms with Crippen molar-refractivity contribution in [3.8, 4) is 0 Å². The van der Waals surface area contributed by atoms with Crippen LogP contribution < -0.4 is 0 Å². The third-order valence-corrected chi connectivity index (χ3v) is 3.78. The molecule has 6 heteroatoms. The predicted molar refractivity (Wildman–Crippen MR) is 65.5 cm³/mol. The van der Waals surface area contributed by atoms with Crippen molar-refractivity contribution in [2.45, 2.75) is 45.2 Å². The molecule has 0 spiro atoms. The molecular formula is C13H22F3NO2. The van der Waals surface area contributed by atoms with E-state index in [2.05, 4.69) is 0 Å². The van der Waals surface area contributed by atoms with Crippen LogP contribution in [0.4, 0.5) is 13.2 Å². The minimum atomic E-state index is -4.29. The normalized spacial score (nSPS) is 24.3. The highest BCUT2D eigenvalue weighted by Gasteiger charge is 2.48. The lowest BCUT2D eigenvalue weighted by Crippen LogP contribution is -2.45. The number of hydrogen-bond acceptors (Lipinski definition) is 2. The van der Waals surface area contributed by atoms with Gasteiger partial charge in [0.15, 0.2) is 0 Å². The van der Waals surface area contributed by atoms with E-state index in [1.54, 1.807) is 6.92 Å². The van der Waals surface area contributed by atoms with Gasteiger partial charge in [0.1, 0.15) is 0 Å². The fourth-order valence-electron chi connectivity index (χ4n) is 2.74. The maximum absolute atomic E-state index is 13.0. The Morgan fingerprint density at radius 3 is 2.47 bits per heavy atom. The van der Waals surface area contributed by atoms with E-state index in [0.29, 0.717) is 38.8 Å². The Kier molecular flexibility index (Phi) is 6.10. The first-order valence-corrected chi connectivity index (χ1v) is 6.88. The third-order valence-electron chi connectivity index (χ3n) is 3.78. The van der Waals surface area contributed by atoms with E-state index in [-0.39, 0.29) is 13.0 Å². The molecule has 0 bridgehead atoms. The summed E-state index contributed by atoms with van der Waals surface area (Å²) in [4.78, 5) is 13.7. The summed E-state index contributed by atoms with van der Waals surface area (Å²) >= 11 is 0. The standard InChI is InChI=1S/C13H22F3NO2/c1-2-17(8-5-9-18)12(19)10-6-3-4-7-11(10)13(14,15)16/h10-11,18H,2-9H2,1H3. The summed E-state index contributed by atoms with van der Waals surface area (Å²) in [5.41, 5.74) is 0. The monoisotopic (exact) mass is 281 g/mol. The highest BCUT2D eigenvalue weighted by Crippen LogP contribution is 2.42. The average molecular weight is 281 g/mol. The second kappa shape index (κ2) is 7.12. The van der Waals surface area contributed by atoms with Crippen LogP contribution in [-0.4, -0.2) is 41.8 Å².